The van der Waals surface area contributed by atoms with Crippen LogP contribution in [-0.2, 0) is 33.5 Å². The summed E-state index contributed by atoms with van der Waals surface area (Å²) in [6.07, 6.45) is 4.79. The van der Waals surface area contributed by atoms with Crippen LogP contribution >= 0.6 is 0 Å². The van der Waals surface area contributed by atoms with E-state index >= 15 is 13.2 Å². The van der Waals surface area contributed by atoms with Crippen molar-refractivity contribution in [3.8, 4) is 22.9 Å². The number of sulfone groups is 1. The van der Waals surface area contributed by atoms with Crippen LogP contribution in [0, 0.1) is 28.8 Å². The number of ether oxygens (including phenoxy) is 1. The van der Waals surface area contributed by atoms with Crippen molar-refractivity contribution in [2.75, 3.05) is 19.8 Å². The lowest BCUT2D eigenvalue weighted by molar-refractivity contribution is -0.132. The number of aromatic amines is 1. The predicted octanol–water partition coefficient (Wildman–Crippen LogP) is 8.34. The van der Waals surface area contributed by atoms with Gasteiger partial charge in [0.25, 0.3) is 0 Å². The Bertz CT molecular complexity index is 2350. The summed E-state index contributed by atoms with van der Waals surface area (Å²) in [6.45, 7) is 7.65. The van der Waals surface area contributed by atoms with E-state index in [4.69, 9.17) is 14.8 Å². The Kier molecular flexibility index (Phi) is 10.1. The fraction of sp³-hybridized carbons (Fsp3) is 0.375. The molecule has 4 bridgehead atoms. The zero-order chi connectivity index (χ0) is 38.5. The third kappa shape index (κ3) is 7.62. The molecular formula is C40H44F3N5O4S. The molecular weight excluding hydrogens is 704 g/mol. The average molecular weight is 748 g/mol. The molecule has 3 aromatic carbocycles. The minimum atomic E-state index is -3.87. The zero-order valence-electron chi connectivity index (χ0n) is 30.9. The molecule has 9 nitrogen and oxygen atoms in total. The number of rotatable bonds is 4. The molecule has 1 unspecified atom stereocenters. The molecule has 3 heterocycles. The second-order valence-electron chi connectivity index (χ2n) is 15.3. The maximum atomic E-state index is 15.7. The summed E-state index contributed by atoms with van der Waals surface area (Å²) in [5, 5.41) is 6.02. The molecule has 0 aliphatic carbocycles. The van der Waals surface area contributed by atoms with Crippen molar-refractivity contribution >= 4 is 32.7 Å². The summed E-state index contributed by atoms with van der Waals surface area (Å²) in [5.41, 5.74) is 0.228. The maximum absolute atomic E-state index is 15.7. The first-order valence-corrected chi connectivity index (χ1v) is 19.2. The number of aromatic nitrogens is 4. The third-order valence-electron chi connectivity index (χ3n) is 10.1. The van der Waals surface area contributed by atoms with Crippen molar-refractivity contribution in [1.82, 2.24) is 24.6 Å². The van der Waals surface area contributed by atoms with Crippen molar-refractivity contribution in [3.63, 3.8) is 0 Å². The zero-order valence-corrected chi connectivity index (χ0v) is 31.7. The van der Waals surface area contributed by atoms with Crippen LogP contribution in [0.25, 0.3) is 28.4 Å². The molecule has 2 atom stereocenters. The van der Waals surface area contributed by atoms with Gasteiger partial charge in [0.1, 0.15) is 11.6 Å². The van der Waals surface area contributed by atoms with Gasteiger partial charge < -0.3 is 14.6 Å². The van der Waals surface area contributed by atoms with E-state index in [1.165, 1.54) is 35.2 Å². The van der Waals surface area contributed by atoms with E-state index in [2.05, 4.69) is 4.98 Å². The van der Waals surface area contributed by atoms with Crippen molar-refractivity contribution in [2.45, 2.75) is 58.8 Å². The number of H-pyrrole nitrogens is 1. The number of carbonyl (C=O) groups excluding carboxylic acids is 1. The van der Waals surface area contributed by atoms with Crippen LogP contribution in [0.1, 0.15) is 69.5 Å². The van der Waals surface area contributed by atoms with Gasteiger partial charge in [-0.3, -0.25) is 4.79 Å². The highest BCUT2D eigenvalue weighted by Crippen LogP contribution is 2.41. The van der Waals surface area contributed by atoms with E-state index in [-0.39, 0.29) is 51.2 Å². The largest absolute Gasteiger partial charge is 0.453 e. The van der Waals surface area contributed by atoms with Crippen molar-refractivity contribution < 1.29 is 31.1 Å². The number of aryl methyl sites for hydroxylation is 1. The minimum absolute atomic E-state index is 0.00735. The highest BCUT2D eigenvalue weighted by Gasteiger charge is 2.36. The topological polar surface area (TPSA) is 110 Å². The van der Waals surface area contributed by atoms with E-state index in [0.29, 0.717) is 31.5 Å². The first-order valence-electron chi connectivity index (χ1n) is 17.5. The molecule has 1 N–H and O–H groups in total. The number of carbonyl (C=O) groups is 1. The van der Waals surface area contributed by atoms with Crippen LogP contribution in [0.15, 0.2) is 60.1 Å². The molecule has 0 saturated heterocycles. The van der Waals surface area contributed by atoms with E-state index in [1.807, 2.05) is 52.0 Å². The Morgan fingerprint density at radius 2 is 1.81 bits per heavy atom. The van der Waals surface area contributed by atoms with Crippen LogP contribution < -0.4 is 4.74 Å². The van der Waals surface area contributed by atoms with Gasteiger partial charge in [-0.05, 0) is 73.1 Å². The molecule has 0 saturated carbocycles. The van der Waals surface area contributed by atoms with E-state index in [9.17, 15) is 13.2 Å². The molecule has 1 aliphatic heterocycles. The molecule has 6 rings (SSSR count). The quantitative estimate of drug-likeness (QED) is 0.198. The lowest BCUT2D eigenvalue weighted by Crippen LogP contribution is -2.29. The van der Waals surface area contributed by atoms with Gasteiger partial charge in [-0.1, -0.05) is 51.5 Å². The number of amides is 1. The number of halogens is 3. The Hall–Kier alpha value is -4.91. The predicted molar refractivity (Wildman–Crippen MR) is 200 cm³/mol. The van der Waals surface area contributed by atoms with Gasteiger partial charge in [-0.2, -0.15) is 9.49 Å². The molecule has 5 aromatic rings. The molecule has 1 aliphatic rings. The smallest absolute Gasteiger partial charge is 0.225 e. The van der Waals surface area contributed by atoms with Gasteiger partial charge in [0, 0.05) is 49.6 Å². The number of hydrogen-bond donors (Lipinski definition) is 1. The molecule has 1 amide bonds. The van der Waals surface area contributed by atoms with Gasteiger partial charge in [-0.15, -0.1) is 0 Å². The highest BCUT2D eigenvalue weighted by molar-refractivity contribution is 7.94. The van der Waals surface area contributed by atoms with Crippen LogP contribution in [0.3, 0.4) is 0 Å². The van der Waals surface area contributed by atoms with Crippen molar-refractivity contribution in [3.05, 3.63) is 100 Å². The number of benzene rings is 3. The van der Waals surface area contributed by atoms with Gasteiger partial charge in [-0.25, -0.2) is 26.9 Å². The van der Waals surface area contributed by atoms with Crippen LogP contribution in [0.5, 0.6) is 11.5 Å². The van der Waals surface area contributed by atoms with Crippen LogP contribution in [0.2, 0.25) is 0 Å². The van der Waals surface area contributed by atoms with E-state index in [0.717, 1.165) is 22.6 Å². The summed E-state index contributed by atoms with van der Waals surface area (Å²) in [5.74, 6) is -3.59. The molecule has 2 aromatic heterocycles. The third-order valence-corrected chi connectivity index (χ3v) is 11.8. The average Bonchev–Trinajstić information content (AvgIpc) is 3.74. The van der Waals surface area contributed by atoms with Crippen LogP contribution in [0.4, 0.5) is 13.2 Å². The standard InChI is InChI=1S/C40H44F3N5O4S/c1-24(37(49)47(5)6)20-25-10-8-11-26(21-25)40(4)17-9-16-39(2,3)23-53(50,51)19-15-29-28-14-18-44-34(28)32(42)33(43)35(29)52-27-12-13-31(41)30(22-27)36-45-38(40)46-48(36)7/h8,10-15,18-19,21-22,24,44H,9,16-17,20,23H2,1-7H3/b19-15-/t24?,40-/m1/s1. The fourth-order valence-corrected chi connectivity index (χ4v) is 8.94. The summed E-state index contributed by atoms with van der Waals surface area (Å²) in [7, 11) is 1.24. The molecule has 0 fully saturated rings. The number of nitrogens with one attached hydrogen (secondary N) is 1. The Morgan fingerprint density at radius 3 is 2.55 bits per heavy atom. The summed E-state index contributed by atoms with van der Waals surface area (Å²) >= 11 is 0. The number of fused-ring (bicyclic) bond motifs is 8. The fourth-order valence-electron chi connectivity index (χ4n) is 7.27. The lowest BCUT2D eigenvalue weighted by Gasteiger charge is -2.30. The Labute approximate surface area is 307 Å². The second kappa shape index (κ2) is 14.1. The highest BCUT2D eigenvalue weighted by atomic mass is 32.2. The first kappa shape index (κ1) is 37.8. The summed E-state index contributed by atoms with van der Waals surface area (Å²) in [4.78, 5) is 21.8. The number of nitrogens with zero attached hydrogens (tertiary/aromatic N) is 4. The Balaban J connectivity index is 1.51. The Morgan fingerprint density at radius 1 is 1.06 bits per heavy atom. The second-order valence-corrected chi connectivity index (χ2v) is 17.1. The SMILES string of the molecule is CC(Cc1cccc([C@@]2(C)CCCC(C)(C)CS(=O)(=O)/C=C\c3c(c(F)c(F)c4[nH]ccc34)Oc3ccc(F)c(c3)-c3nc2nn3C)c1)C(=O)N(C)C. The molecule has 0 radical (unpaired) electrons. The molecule has 0 spiro atoms. The molecule has 13 heteroatoms. The van der Waals surface area contributed by atoms with Crippen molar-refractivity contribution in [1.29, 1.82) is 0 Å². The number of hydrogen-bond acceptors (Lipinski definition) is 6. The van der Waals surface area contributed by atoms with E-state index < -0.39 is 43.9 Å². The normalized spacial score (nSPS) is 19.7. The first-order chi connectivity index (χ1) is 24.9. The van der Waals surface area contributed by atoms with Gasteiger partial charge in [0.2, 0.25) is 11.7 Å². The summed E-state index contributed by atoms with van der Waals surface area (Å²) in [6, 6.07) is 13.2. The molecule has 53 heavy (non-hydrogen) atoms. The maximum Gasteiger partial charge on any atom is 0.225 e. The molecule has 280 valence electrons. The van der Waals surface area contributed by atoms with Gasteiger partial charge >= 0.3 is 0 Å². The van der Waals surface area contributed by atoms with Gasteiger partial charge in [0.05, 0.1) is 22.2 Å². The minimum Gasteiger partial charge on any atom is -0.453 e. The van der Waals surface area contributed by atoms with E-state index in [1.54, 1.807) is 26.0 Å². The van der Waals surface area contributed by atoms with Crippen LogP contribution in [-0.4, -0.2) is 58.8 Å². The summed E-state index contributed by atoms with van der Waals surface area (Å²) < 4.78 is 81.2. The monoisotopic (exact) mass is 747 g/mol. The van der Waals surface area contributed by atoms with Crippen molar-refractivity contribution in [2.24, 2.45) is 18.4 Å². The van der Waals surface area contributed by atoms with Gasteiger partial charge in [0.15, 0.2) is 33.1 Å². The lowest BCUT2D eigenvalue weighted by atomic mass is 9.75.